The van der Waals surface area contributed by atoms with Crippen LogP contribution in [0.1, 0.15) is 76.2 Å². The van der Waals surface area contributed by atoms with Gasteiger partial charge in [0.2, 0.25) is 0 Å². The van der Waals surface area contributed by atoms with E-state index in [0.29, 0.717) is 17.4 Å². The van der Waals surface area contributed by atoms with E-state index in [1.54, 1.807) is 0 Å². The summed E-state index contributed by atoms with van der Waals surface area (Å²) in [5.74, 6) is 0. The molecule has 7 heteroatoms. The van der Waals surface area contributed by atoms with E-state index in [2.05, 4.69) is 46.9 Å². The zero-order chi connectivity index (χ0) is 22.5. The Kier molecular flexibility index (Phi) is 14.0. The first-order valence-corrected chi connectivity index (χ1v) is 13.9. The number of nitrogens with zero attached hydrogens (tertiary/aromatic N) is 1. The first kappa shape index (κ1) is 28.1. The lowest BCUT2D eigenvalue weighted by Gasteiger charge is -2.29. The fraction of sp³-hybridized carbons (Fsp3) is 0.739. The van der Waals surface area contributed by atoms with Crippen LogP contribution >= 0.6 is 30.4 Å². The third-order valence-corrected chi connectivity index (χ3v) is 6.41. The molecule has 0 fully saturated rings. The minimum Gasteiger partial charge on any atom is -0.329 e. The van der Waals surface area contributed by atoms with E-state index in [9.17, 15) is 4.57 Å². The van der Waals surface area contributed by atoms with Crippen molar-refractivity contribution in [3.63, 3.8) is 0 Å². The van der Waals surface area contributed by atoms with E-state index < -0.39 is 7.82 Å². The van der Waals surface area contributed by atoms with Crippen molar-refractivity contribution < 1.29 is 23.4 Å². The largest absolute Gasteiger partial charge is 0.470 e. The summed E-state index contributed by atoms with van der Waals surface area (Å²) in [5, 5.41) is 0. The highest BCUT2D eigenvalue weighted by Crippen LogP contribution is 2.39. The molecule has 0 heterocycles. The molecule has 174 valence electrons. The van der Waals surface area contributed by atoms with Crippen LogP contribution in [0.5, 0.6) is 0 Å². The normalized spacial score (nSPS) is 13.5. The van der Waals surface area contributed by atoms with E-state index in [-0.39, 0.29) is 6.10 Å². The number of benzene rings is 1. The SMILES string of the molecule is C[N+](C)(C)CC(CCCCCCCCCCCCc1cccc(I)c1)OP(=O)(O)O. The van der Waals surface area contributed by atoms with Crippen LogP contribution in [-0.2, 0) is 15.5 Å². The van der Waals surface area contributed by atoms with Crippen LogP contribution in [0.2, 0.25) is 0 Å². The number of rotatable bonds is 17. The Balaban J connectivity index is 1.99. The number of likely N-dealkylation sites (N-methyl/N-ethyl adjacent to an activating group) is 1. The van der Waals surface area contributed by atoms with Gasteiger partial charge in [-0.3, -0.25) is 4.52 Å². The van der Waals surface area contributed by atoms with Crippen molar-refractivity contribution in [3.05, 3.63) is 33.4 Å². The topological polar surface area (TPSA) is 66.8 Å². The maximum atomic E-state index is 11.2. The van der Waals surface area contributed by atoms with Crippen LogP contribution in [0, 0.1) is 3.57 Å². The Morgan fingerprint density at radius 1 is 0.933 bits per heavy atom. The average molecular weight is 554 g/mol. The van der Waals surface area contributed by atoms with Gasteiger partial charge in [0, 0.05) is 3.57 Å². The summed E-state index contributed by atoms with van der Waals surface area (Å²) < 4.78 is 18.1. The van der Waals surface area contributed by atoms with Crippen LogP contribution in [-0.4, -0.2) is 48.1 Å². The smallest absolute Gasteiger partial charge is 0.329 e. The molecule has 2 N–H and O–H groups in total. The summed E-state index contributed by atoms with van der Waals surface area (Å²) in [6, 6.07) is 8.80. The van der Waals surface area contributed by atoms with Crippen molar-refractivity contribution >= 4 is 30.4 Å². The molecule has 30 heavy (non-hydrogen) atoms. The van der Waals surface area contributed by atoms with Gasteiger partial charge in [0.1, 0.15) is 12.6 Å². The van der Waals surface area contributed by atoms with Crippen molar-refractivity contribution in [2.75, 3.05) is 27.7 Å². The zero-order valence-electron chi connectivity index (χ0n) is 19.1. The van der Waals surface area contributed by atoms with Gasteiger partial charge in [-0.15, -0.1) is 0 Å². The Labute approximate surface area is 197 Å². The number of phosphoric acid groups is 1. The number of phosphoric ester groups is 1. The molecule has 0 bridgehead atoms. The number of hydrogen-bond acceptors (Lipinski definition) is 2. The van der Waals surface area contributed by atoms with Gasteiger partial charge in [0.15, 0.2) is 0 Å². The highest BCUT2D eigenvalue weighted by molar-refractivity contribution is 14.1. The van der Waals surface area contributed by atoms with Crippen molar-refractivity contribution in [3.8, 4) is 0 Å². The summed E-state index contributed by atoms with van der Waals surface area (Å²) >= 11 is 2.38. The summed E-state index contributed by atoms with van der Waals surface area (Å²) in [7, 11) is 1.62. The van der Waals surface area contributed by atoms with E-state index in [1.165, 1.54) is 66.9 Å². The predicted molar refractivity (Wildman–Crippen MR) is 133 cm³/mol. The number of unbranched alkanes of at least 4 members (excludes halogenated alkanes) is 9. The molecule has 1 aromatic rings. The number of hydrogen-bond donors (Lipinski definition) is 2. The van der Waals surface area contributed by atoms with Crippen molar-refractivity contribution in [2.24, 2.45) is 0 Å². The second-order valence-corrected chi connectivity index (χ2v) is 11.8. The van der Waals surface area contributed by atoms with Crippen molar-refractivity contribution in [1.29, 1.82) is 0 Å². The number of quaternary nitrogens is 1. The molecule has 1 aromatic carbocycles. The standard InChI is InChI=1S/C23H41INO4P/c1-25(2,3)20-23(29-30(26,27)28)18-13-11-9-7-5-4-6-8-10-12-15-21-16-14-17-22(24)19-21/h14,16-17,19,23H,4-13,15,18,20H2,1-3H3,(H-,26,27,28)/p+1. The molecule has 0 saturated carbocycles. The summed E-state index contributed by atoms with van der Waals surface area (Å²) in [6.07, 6.45) is 13.9. The van der Waals surface area contributed by atoms with Crippen LogP contribution < -0.4 is 0 Å². The van der Waals surface area contributed by atoms with Crippen molar-refractivity contribution in [2.45, 2.75) is 83.2 Å². The maximum absolute atomic E-state index is 11.2. The minimum atomic E-state index is -4.42. The van der Waals surface area contributed by atoms with Crippen LogP contribution in [0.25, 0.3) is 0 Å². The third kappa shape index (κ3) is 16.7. The molecular weight excluding hydrogens is 512 g/mol. The lowest BCUT2D eigenvalue weighted by Crippen LogP contribution is -2.42. The second kappa shape index (κ2) is 15.0. The summed E-state index contributed by atoms with van der Waals surface area (Å²) in [5.41, 5.74) is 1.46. The molecular formula is C23H42INO4P+. The Hall–Kier alpha value is 0.0200. The molecule has 0 aliphatic carbocycles. The molecule has 0 aliphatic rings. The Morgan fingerprint density at radius 2 is 1.47 bits per heavy atom. The van der Waals surface area contributed by atoms with Crippen LogP contribution in [0.4, 0.5) is 0 Å². The van der Waals surface area contributed by atoms with E-state index in [1.807, 2.05) is 21.1 Å². The lowest BCUT2D eigenvalue weighted by molar-refractivity contribution is -0.873. The van der Waals surface area contributed by atoms with Crippen LogP contribution in [0.3, 0.4) is 0 Å². The molecule has 1 rings (SSSR count). The van der Waals surface area contributed by atoms with Crippen molar-refractivity contribution in [1.82, 2.24) is 0 Å². The molecule has 0 spiro atoms. The monoisotopic (exact) mass is 554 g/mol. The van der Waals surface area contributed by atoms with E-state index in [4.69, 9.17) is 14.3 Å². The predicted octanol–water partition coefficient (Wildman–Crippen LogP) is 6.31. The van der Waals surface area contributed by atoms with Gasteiger partial charge in [0.05, 0.1) is 21.1 Å². The number of halogens is 1. The molecule has 0 saturated heterocycles. The first-order valence-electron chi connectivity index (χ1n) is 11.3. The minimum absolute atomic E-state index is 0.384. The molecule has 0 amide bonds. The quantitative estimate of drug-likeness (QED) is 0.103. The van der Waals surface area contributed by atoms with Gasteiger partial charge >= 0.3 is 7.82 Å². The second-order valence-electron chi connectivity index (χ2n) is 9.40. The fourth-order valence-electron chi connectivity index (χ4n) is 3.79. The van der Waals surface area contributed by atoms with Gasteiger partial charge < -0.3 is 14.3 Å². The fourth-order valence-corrected chi connectivity index (χ4v) is 4.96. The van der Waals surface area contributed by atoms with Gasteiger partial charge in [-0.1, -0.05) is 69.9 Å². The van der Waals surface area contributed by atoms with Gasteiger partial charge in [-0.2, -0.15) is 0 Å². The third-order valence-electron chi connectivity index (χ3n) is 5.17. The van der Waals surface area contributed by atoms with Crippen LogP contribution in [0.15, 0.2) is 24.3 Å². The first-order chi connectivity index (χ1) is 14.1. The highest BCUT2D eigenvalue weighted by atomic mass is 127. The highest BCUT2D eigenvalue weighted by Gasteiger charge is 2.26. The average Bonchev–Trinajstić information content (AvgIpc) is 2.60. The summed E-state index contributed by atoms with van der Waals surface area (Å²) in [6.45, 7) is 0.606. The van der Waals surface area contributed by atoms with Gasteiger partial charge in [-0.25, -0.2) is 4.57 Å². The summed E-state index contributed by atoms with van der Waals surface area (Å²) in [4.78, 5) is 18.2. The zero-order valence-corrected chi connectivity index (χ0v) is 22.1. The molecule has 1 atom stereocenters. The Morgan fingerprint density at radius 3 is 1.97 bits per heavy atom. The molecule has 1 unspecified atom stereocenters. The Bertz CT molecular complexity index is 630. The maximum Gasteiger partial charge on any atom is 0.470 e. The van der Waals surface area contributed by atoms with E-state index in [0.717, 1.165) is 12.8 Å². The molecule has 0 aromatic heterocycles. The van der Waals surface area contributed by atoms with E-state index >= 15 is 0 Å². The number of aryl methyl sites for hydroxylation is 1. The lowest BCUT2D eigenvalue weighted by atomic mass is 10.0. The van der Waals surface area contributed by atoms with Gasteiger partial charge in [-0.05, 0) is 59.5 Å². The molecule has 0 aliphatic heterocycles. The van der Waals surface area contributed by atoms with Gasteiger partial charge in [0.25, 0.3) is 0 Å². The molecule has 5 nitrogen and oxygen atoms in total. The molecule has 0 radical (unpaired) electrons.